The van der Waals surface area contributed by atoms with Crippen LogP contribution in [0.2, 0.25) is 0 Å². The lowest BCUT2D eigenvalue weighted by Gasteiger charge is -2.21. The fourth-order valence-corrected chi connectivity index (χ4v) is 2.28. The van der Waals surface area contributed by atoms with E-state index in [0.29, 0.717) is 5.92 Å². The predicted octanol–water partition coefficient (Wildman–Crippen LogP) is 4.62. The Morgan fingerprint density at radius 1 is 1.26 bits per heavy atom. The van der Waals surface area contributed by atoms with Gasteiger partial charge in [-0.15, -0.1) is 0 Å². The van der Waals surface area contributed by atoms with Crippen LogP contribution in [0.5, 0.6) is 0 Å². The molecule has 1 heterocycles. The van der Waals surface area contributed by atoms with Crippen molar-refractivity contribution in [3.05, 3.63) is 35.6 Å². The number of aryl methyl sites for hydroxylation is 1. The standard InChI is InChI=1S/C17H25NO/c1-12(9-10-18-17(3,4)5)15-11-14-8-6-7-13(2)16(14)19-15/h6-8,11-12,18H,9-10H2,1-5H3. The zero-order chi connectivity index (χ0) is 14.0. The van der Waals surface area contributed by atoms with E-state index in [1.54, 1.807) is 0 Å². The van der Waals surface area contributed by atoms with E-state index in [-0.39, 0.29) is 5.54 Å². The summed E-state index contributed by atoms with van der Waals surface area (Å²) in [6, 6.07) is 8.49. The van der Waals surface area contributed by atoms with Crippen LogP contribution < -0.4 is 5.32 Å². The van der Waals surface area contributed by atoms with Gasteiger partial charge >= 0.3 is 0 Å². The molecule has 1 atom stereocenters. The molecule has 0 spiro atoms. The maximum atomic E-state index is 6.02. The summed E-state index contributed by atoms with van der Waals surface area (Å²) in [5.41, 5.74) is 2.43. The highest BCUT2D eigenvalue weighted by molar-refractivity contribution is 5.80. The number of para-hydroxylation sites is 1. The minimum absolute atomic E-state index is 0.185. The van der Waals surface area contributed by atoms with Gasteiger partial charge < -0.3 is 9.73 Å². The van der Waals surface area contributed by atoms with Gasteiger partial charge in [-0.3, -0.25) is 0 Å². The Hall–Kier alpha value is -1.28. The van der Waals surface area contributed by atoms with Gasteiger partial charge in [0.15, 0.2) is 0 Å². The van der Waals surface area contributed by atoms with Crippen molar-refractivity contribution in [3.63, 3.8) is 0 Å². The molecule has 0 aliphatic carbocycles. The van der Waals surface area contributed by atoms with Gasteiger partial charge in [0.1, 0.15) is 11.3 Å². The van der Waals surface area contributed by atoms with Gasteiger partial charge in [0.2, 0.25) is 0 Å². The Bertz CT molecular complexity index is 548. The van der Waals surface area contributed by atoms with E-state index in [9.17, 15) is 0 Å². The van der Waals surface area contributed by atoms with Crippen LogP contribution >= 0.6 is 0 Å². The average molecular weight is 259 g/mol. The second-order valence-corrected chi connectivity index (χ2v) is 6.51. The summed E-state index contributed by atoms with van der Waals surface area (Å²) < 4.78 is 6.02. The van der Waals surface area contributed by atoms with Gasteiger partial charge in [-0.25, -0.2) is 0 Å². The third-order valence-corrected chi connectivity index (χ3v) is 3.48. The summed E-state index contributed by atoms with van der Waals surface area (Å²) >= 11 is 0. The second kappa shape index (κ2) is 5.38. The lowest BCUT2D eigenvalue weighted by atomic mass is 10.0. The van der Waals surface area contributed by atoms with Crippen molar-refractivity contribution in [1.29, 1.82) is 0 Å². The molecule has 1 unspecified atom stereocenters. The van der Waals surface area contributed by atoms with E-state index in [4.69, 9.17) is 4.42 Å². The third-order valence-electron chi connectivity index (χ3n) is 3.48. The highest BCUT2D eigenvalue weighted by atomic mass is 16.3. The molecule has 0 amide bonds. The molecule has 19 heavy (non-hydrogen) atoms. The van der Waals surface area contributed by atoms with Crippen molar-refractivity contribution in [2.45, 2.75) is 52.5 Å². The Morgan fingerprint density at radius 2 is 2.00 bits per heavy atom. The van der Waals surface area contributed by atoms with Gasteiger partial charge in [-0.05, 0) is 52.3 Å². The van der Waals surface area contributed by atoms with Crippen molar-refractivity contribution >= 4 is 11.0 Å². The SMILES string of the molecule is Cc1cccc2cc(C(C)CCNC(C)(C)C)oc12. The smallest absolute Gasteiger partial charge is 0.137 e. The van der Waals surface area contributed by atoms with Crippen molar-refractivity contribution in [2.75, 3.05) is 6.54 Å². The molecule has 2 rings (SSSR count). The van der Waals surface area contributed by atoms with Gasteiger partial charge in [-0.2, -0.15) is 0 Å². The summed E-state index contributed by atoms with van der Waals surface area (Å²) in [6.45, 7) is 11.9. The predicted molar refractivity (Wildman–Crippen MR) is 81.7 cm³/mol. The van der Waals surface area contributed by atoms with Crippen molar-refractivity contribution in [1.82, 2.24) is 5.32 Å². The van der Waals surface area contributed by atoms with E-state index >= 15 is 0 Å². The normalized spacial score (nSPS) is 13.9. The van der Waals surface area contributed by atoms with Gasteiger partial charge in [0.05, 0.1) is 0 Å². The fraction of sp³-hybridized carbons (Fsp3) is 0.529. The van der Waals surface area contributed by atoms with Crippen LogP contribution in [0, 0.1) is 6.92 Å². The van der Waals surface area contributed by atoms with Crippen molar-refractivity contribution < 1.29 is 4.42 Å². The maximum absolute atomic E-state index is 6.02. The Labute approximate surface area is 116 Å². The lowest BCUT2D eigenvalue weighted by Crippen LogP contribution is -2.36. The number of hydrogen-bond acceptors (Lipinski definition) is 2. The van der Waals surface area contributed by atoms with Crippen molar-refractivity contribution in [2.24, 2.45) is 0 Å². The summed E-state index contributed by atoms with van der Waals surface area (Å²) in [5.74, 6) is 1.54. The van der Waals surface area contributed by atoms with E-state index in [0.717, 1.165) is 24.3 Å². The molecule has 0 saturated carbocycles. The first kappa shape index (κ1) is 14.1. The van der Waals surface area contributed by atoms with Crippen LogP contribution in [0.1, 0.15) is 51.4 Å². The Morgan fingerprint density at radius 3 is 2.63 bits per heavy atom. The molecule has 104 valence electrons. The highest BCUT2D eigenvalue weighted by Crippen LogP contribution is 2.28. The maximum Gasteiger partial charge on any atom is 0.137 e. The third kappa shape index (κ3) is 3.60. The number of furan rings is 1. The summed E-state index contributed by atoms with van der Waals surface area (Å²) in [4.78, 5) is 0. The summed E-state index contributed by atoms with van der Waals surface area (Å²) in [5, 5.41) is 4.74. The molecule has 0 aliphatic rings. The molecule has 0 saturated heterocycles. The quantitative estimate of drug-likeness (QED) is 0.866. The van der Waals surface area contributed by atoms with Gasteiger partial charge in [0.25, 0.3) is 0 Å². The molecule has 1 aromatic heterocycles. The van der Waals surface area contributed by atoms with E-state index in [2.05, 4.69) is 64.2 Å². The van der Waals surface area contributed by atoms with Crippen molar-refractivity contribution in [3.8, 4) is 0 Å². The number of benzene rings is 1. The zero-order valence-electron chi connectivity index (χ0n) is 12.7. The molecule has 2 nitrogen and oxygen atoms in total. The number of rotatable bonds is 4. The van der Waals surface area contributed by atoms with E-state index in [1.165, 1.54) is 10.9 Å². The minimum Gasteiger partial charge on any atom is -0.461 e. The minimum atomic E-state index is 0.185. The number of nitrogens with one attached hydrogen (secondary N) is 1. The van der Waals surface area contributed by atoms with Crippen LogP contribution in [-0.2, 0) is 0 Å². The first-order chi connectivity index (χ1) is 8.87. The topological polar surface area (TPSA) is 25.2 Å². The summed E-state index contributed by atoms with van der Waals surface area (Å²) in [7, 11) is 0. The zero-order valence-corrected chi connectivity index (χ0v) is 12.7. The van der Waals surface area contributed by atoms with E-state index < -0.39 is 0 Å². The fourth-order valence-electron chi connectivity index (χ4n) is 2.28. The van der Waals surface area contributed by atoms with Crippen LogP contribution in [0.3, 0.4) is 0 Å². The molecule has 0 fully saturated rings. The Kier molecular flexibility index (Phi) is 4.00. The lowest BCUT2D eigenvalue weighted by molar-refractivity contribution is 0.400. The molecule has 0 bridgehead atoms. The largest absolute Gasteiger partial charge is 0.461 e. The number of fused-ring (bicyclic) bond motifs is 1. The second-order valence-electron chi connectivity index (χ2n) is 6.51. The molecular weight excluding hydrogens is 234 g/mol. The monoisotopic (exact) mass is 259 g/mol. The molecule has 2 aromatic rings. The number of hydrogen-bond donors (Lipinski definition) is 1. The van der Waals surface area contributed by atoms with Gasteiger partial charge in [-0.1, -0.05) is 25.1 Å². The Balaban J connectivity index is 2.05. The molecule has 2 heteroatoms. The van der Waals surface area contributed by atoms with Gasteiger partial charge in [0, 0.05) is 16.8 Å². The van der Waals surface area contributed by atoms with E-state index in [1.807, 2.05) is 0 Å². The average Bonchev–Trinajstić information content (AvgIpc) is 2.72. The first-order valence-electron chi connectivity index (χ1n) is 7.11. The molecule has 0 aliphatic heterocycles. The van der Waals surface area contributed by atoms with Crippen LogP contribution in [0.4, 0.5) is 0 Å². The van der Waals surface area contributed by atoms with Crippen LogP contribution in [-0.4, -0.2) is 12.1 Å². The molecule has 1 aromatic carbocycles. The molecule has 0 radical (unpaired) electrons. The molecular formula is C17H25NO. The molecule has 1 N–H and O–H groups in total. The van der Waals surface area contributed by atoms with Crippen LogP contribution in [0.25, 0.3) is 11.0 Å². The highest BCUT2D eigenvalue weighted by Gasteiger charge is 2.14. The first-order valence-corrected chi connectivity index (χ1v) is 7.11. The van der Waals surface area contributed by atoms with Crippen LogP contribution in [0.15, 0.2) is 28.7 Å². The summed E-state index contributed by atoms with van der Waals surface area (Å²) in [6.07, 6.45) is 1.09.